The third kappa shape index (κ3) is 3.77. The van der Waals surface area contributed by atoms with Crippen molar-refractivity contribution in [1.29, 1.82) is 0 Å². The van der Waals surface area contributed by atoms with Crippen molar-refractivity contribution in [2.24, 2.45) is 5.73 Å². The third-order valence-corrected chi connectivity index (χ3v) is 4.22. The lowest BCUT2D eigenvalue weighted by Gasteiger charge is -2.09. The van der Waals surface area contributed by atoms with Gasteiger partial charge in [0.05, 0.1) is 4.90 Å². The lowest BCUT2D eigenvalue weighted by molar-refractivity contribution is 0.504. The topological polar surface area (TPSA) is 72.2 Å². The lowest BCUT2D eigenvalue weighted by atomic mass is 10.1. The van der Waals surface area contributed by atoms with Gasteiger partial charge in [0, 0.05) is 5.69 Å². The van der Waals surface area contributed by atoms with Crippen LogP contribution in [0.25, 0.3) is 0 Å². The van der Waals surface area contributed by atoms with E-state index in [1.54, 1.807) is 24.3 Å². The molecule has 0 spiro atoms. The highest BCUT2D eigenvalue weighted by Gasteiger charge is 2.16. The van der Waals surface area contributed by atoms with Gasteiger partial charge in [0.15, 0.2) is 11.6 Å². The molecule has 0 radical (unpaired) electrons. The van der Waals surface area contributed by atoms with Crippen molar-refractivity contribution in [1.82, 2.24) is 0 Å². The average Bonchev–Trinajstić information content (AvgIpc) is 2.44. The van der Waals surface area contributed by atoms with Gasteiger partial charge in [-0.3, -0.25) is 4.72 Å². The summed E-state index contributed by atoms with van der Waals surface area (Å²) in [5.74, 6) is -2.31. The summed E-state index contributed by atoms with van der Waals surface area (Å²) >= 11 is 0. The summed E-state index contributed by atoms with van der Waals surface area (Å²) in [6.07, 6.45) is 0.691. The molecule has 0 aliphatic rings. The Bertz CT molecular complexity index is 731. The quantitative estimate of drug-likeness (QED) is 0.889. The number of rotatable bonds is 5. The summed E-state index contributed by atoms with van der Waals surface area (Å²) in [4.78, 5) is -0.340. The zero-order valence-electron chi connectivity index (χ0n) is 11.0. The fraction of sp³-hybridized carbons (Fsp3) is 0.143. The van der Waals surface area contributed by atoms with Gasteiger partial charge in [-0.25, -0.2) is 17.2 Å². The maximum absolute atomic E-state index is 13.1. The van der Waals surface area contributed by atoms with Crippen LogP contribution in [0.5, 0.6) is 0 Å². The number of hydrogen-bond acceptors (Lipinski definition) is 3. The first-order valence-corrected chi connectivity index (χ1v) is 7.67. The van der Waals surface area contributed by atoms with Crippen molar-refractivity contribution < 1.29 is 17.2 Å². The molecule has 2 rings (SSSR count). The SMILES string of the molecule is NCCc1ccc(NS(=O)(=O)c2ccc(F)c(F)c2)cc1. The zero-order chi connectivity index (χ0) is 15.5. The molecule has 0 amide bonds. The van der Waals surface area contributed by atoms with Crippen molar-refractivity contribution in [3.63, 3.8) is 0 Å². The molecule has 0 bridgehead atoms. The van der Waals surface area contributed by atoms with Crippen LogP contribution >= 0.6 is 0 Å². The second kappa shape index (κ2) is 6.19. The van der Waals surface area contributed by atoms with Crippen molar-refractivity contribution in [2.45, 2.75) is 11.3 Å². The van der Waals surface area contributed by atoms with Crippen LogP contribution in [0.15, 0.2) is 47.4 Å². The largest absolute Gasteiger partial charge is 0.330 e. The molecule has 0 heterocycles. The summed E-state index contributed by atoms with van der Waals surface area (Å²) in [6, 6.07) is 9.08. The number of halogens is 2. The molecule has 21 heavy (non-hydrogen) atoms. The van der Waals surface area contributed by atoms with Gasteiger partial charge in [-0.2, -0.15) is 0 Å². The summed E-state index contributed by atoms with van der Waals surface area (Å²) < 4.78 is 52.4. The Morgan fingerprint density at radius 2 is 1.67 bits per heavy atom. The number of nitrogens with two attached hydrogens (primary N) is 1. The fourth-order valence-electron chi connectivity index (χ4n) is 1.76. The second-order valence-corrected chi connectivity index (χ2v) is 6.10. The first-order valence-electron chi connectivity index (χ1n) is 6.19. The zero-order valence-corrected chi connectivity index (χ0v) is 11.8. The maximum atomic E-state index is 13.1. The van der Waals surface area contributed by atoms with Gasteiger partial charge in [-0.1, -0.05) is 12.1 Å². The lowest BCUT2D eigenvalue weighted by Crippen LogP contribution is -2.13. The number of nitrogens with one attached hydrogen (secondary N) is 1. The van der Waals surface area contributed by atoms with Gasteiger partial charge in [-0.15, -0.1) is 0 Å². The summed E-state index contributed by atoms with van der Waals surface area (Å²) in [5, 5.41) is 0. The van der Waals surface area contributed by atoms with Crippen LogP contribution < -0.4 is 10.5 Å². The highest BCUT2D eigenvalue weighted by molar-refractivity contribution is 7.92. The normalized spacial score (nSPS) is 11.4. The summed E-state index contributed by atoms with van der Waals surface area (Å²) in [7, 11) is -3.96. The standard InChI is InChI=1S/C14H14F2N2O2S/c15-13-6-5-12(9-14(13)16)21(19,20)18-11-3-1-10(2-4-11)7-8-17/h1-6,9,18H,7-8,17H2. The van der Waals surface area contributed by atoms with E-state index in [2.05, 4.69) is 4.72 Å². The molecule has 0 saturated heterocycles. The van der Waals surface area contributed by atoms with Crippen LogP contribution in [0.3, 0.4) is 0 Å². The molecule has 112 valence electrons. The molecular formula is C14H14F2N2O2S. The Morgan fingerprint density at radius 1 is 1.00 bits per heavy atom. The minimum absolute atomic E-state index is 0.334. The molecule has 7 heteroatoms. The van der Waals surface area contributed by atoms with Crippen molar-refractivity contribution in [3.8, 4) is 0 Å². The third-order valence-electron chi connectivity index (χ3n) is 2.84. The minimum Gasteiger partial charge on any atom is -0.330 e. The van der Waals surface area contributed by atoms with Gasteiger partial charge in [0.1, 0.15) is 0 Å². The van der Waals surface area contributed by atoms with E-state index in [9.17, 15) is 17.2 Å². The van der Waals surface area contributed by atoms with Crippen LogP contribution in [0.4, 0.5) is 14.5 Å². The van der Waals surface area contributed by atoms with Crippen molar-refractivity contribution >= 4 is 15.7 Å². The first-order chi connectivity index (χ1) is 9.92. The molecule has 0 aliphatic heterocycles. The minimum atomic E-state index is -3.96. The molecule has 0 fully saturated rings. The molecule has 0 aromatic heterocycles. The molecular weight excluding hydrogens is 298 g/mol. The molecule has 0 atom stereocenters. The van der Waals surface area contributed by atoms with E-state index < -0.39 is 21.7 Å². The van der Waals surface area contributed by atoms with E-state index in [1.165, 1.54) is 0 Å². The van der Waals surface area contributed by atoms with Gasteiger partial charge >= 0.3 is 0 Å². The van der Waals surface area contributed by atoms with Crippen molar-refractivity contribution in [3.05, 3.63) is 59.7 Å². The van der Waals surface area contributed by atoms with Crippen LogP contribution in [-0.4, -0.2) is 15.0 Å². The average molecular weight is 312 g/mol. The predicted molar refractivity (Wildman–Crippen MR) is 76.4 cm³/mol. The monoisotopic (exact) mass is 312 g/mol. The Balaban J connectivity index is 2.22. The Hall–Kier alpha value is -1.99. The molecule has 0 aliphatic carbocycles. The van der Waals surface area contributed by atoms with E-state index in [4.69, 9.17) is 5.73 Å². The van der Waals surface area contributed by atoms with E-state index in [1.807, 2.05) is 0 Å². The summed E-state index contributed by atoms with van der Waals surface area (Å²) in [6.45, 7) is 0.500. The van der Waals surface area contributed by atoms with E-state index in [-0.39, 0.29) is 4.90 Å². The Kier molecular flexibility index (Phi) is 4.54. The van der Waals surface area contributed by atoms with Crippen LogP contribution in [0.2, 0.25) is 0 Å². The number of hydrogen-bond donors (Lipinski definition) is 2. The van der Waals surface area contributed by atoms with Gasteiger partial charge < -0.3 is 5.73 Å². The number of benzene rings is 2. The smallest absolute Gasteiger partial charge is 0.261 e. The molecule has 0 unspecified atom stereocenters. The fourth-order valence-corrected chi connectivity index (χ4v) is 2.83. The molecule has 0 saturated carbocycles. The van der Waals surface area contributed by atoms with E-state index in [0.717, 1.165) is 17.7 Å². The second-order valence-electron chi connectivity index (χ2n) is 4.42. The highest BCUT2D eigenvalue weighted by atomic mass is 32.2. The van der Waals surface area contributed by atoms with Gasteiger partial charge in [0.2, 0.25) is 0 Å². The van der Waals surface area contributed by atoms with E-state index >= 15 is 0 Å². The van der Waals surface area contributed by atoms with Crippen LogP contribution in [0, 0.1) is 11.6 Å². The maximum Gasteiger partial charge on any atom is 0.261 e. The van der Waals surface area contributed by atoms with Crippen LogP contribution in [-0.2, 0) is 16.4 Å². The Labute approximate surface area is 121 Å². The van der Waals surface area contributed by atoms with Gasteiger partial charge in [0.25, 0.3) is 10.0 Å². The van der Waals surface area contributed by atoms with Crippen molar-refractivity contribution in [2.75, 3.05) is 11.3 Å². The Morgan fingerprint density at radius 3 is 2.24 bits per heavy atom. The summed E-state index contributed by atoms with van der Waals surface area (Å²) in [5.41, 5.74) is 6.74. The van der Waals surface area contributed by atoms with Gasteiger partial charge in [-0.05, 0) is 48.9 Å². The van der Waals surface area contributed by atoms with Crippen LogP contribution in [0.1, 0.15) is 5.56 Å². The molecule has 3 N–H and O–H groups in total. The number of sulfonamides is 1. The molecule has 2 aromatic carbocycles. The van der Waals surface area contributed by atoms with E-state index in [0.29, 0.717) is 24.7 Å². The number of anilines is 1. The first kappa shape index (κ1) is 15.4. The predicted octanol–water partition coefficient (Wildman–Crippen LogP) is 2.27. The highest BCUT2D eigenvalue weighted by Crippen LogP contribution is 2.18. The molecule has 2 aromatic rings. The molecule has 4 nitrogen and oxygen atoms in total.